The van der Waals surface area contributed by atoms with Gasteiger partial charge < -0.3 is 0 Å². The first kappa shape index (κ1) is 7.91. The number of carbonyl (C=O) groups excluding carboxylic acids is 1. The summed E-state index contributed by atoms with van der Waals surface area (Å²) >= 11 is 0. The molecule has 2 aromatic rings. The first-order valence-electron chi connectivity index (χ1n) is 3.99. The lowest BCUT2D eigenvalue weighted by Crippen LogP contribution is -1.99. The first-order valence-corrected chi connectivity index (χ1v) is 3.99. The Kier molecular flexibility index (Phi) is 1.62. The fraction of sp³-hybridized carbons (Fsp3) is 0.222. The van der Waals surface area contributed by atoms with Crippen molar-refractivity contribution in [3.05, 3.63) is 29.7 Å². The van der Waals surface area contributed by atoms with E-state index in [2.05, 4.69) is 10.1 Å². The van der Waals surface area contributed by atoms with E-state index in [4.69, 9.17) is 0 Å². The number of rotatable bonds is 1. The van der Waals surface area contributed by atoms with Crippen molar-refractivity contribution in [2.75, 3.05) is 0 Å². The minimum absolute atomic E-state index is 0.0155. The van der Waals surface area contributed by atoms with Crippen LogP contribution in [-0.2, 0) is 0 Å². The highest BCUT2D eigenvalue weighted by Gasteiger charge is 2.08. The van der Waals surface area contributed by atoms with Gasteiger partial charge in [0.2, 0.25) is 0 Å². The van der Waals surface area contributed by atoms with Crippen LogP contribution in [0, 0.1) is 6.92 Å². The molecule has 2 rings (SSSR count). The van der Waals surface area contributed by atoms with Crippen molar-refractivity contribution in [2.45, 2.75) is 13.8 Å². The molecule has 4 nitrogen and oxygen atoms in total. The van der Waals surface area contributed by atoms with E-state index in [0.29, 0.717) is 11.2 Å². The number of ketones is 1. The summed E-state index contributed by atoms with van der Waals surface area (Å²) in [6, 6.07) is 1.83. The highest BCUT2D eigenvalue weighted by Crippen LogP contribution is 2.10. The zero-order chi connectivity index (χ0) is 9.42. The lowest BCUT2D eigenvalue weighted by molar-refractivity contribution is 0.101. The summed E-state index contributed by atoms with van der Waals surface area (Å²) in [5, 5.41) is 3.98. The second kappa shape index (κ2) is 2.65. The molecular formula is C9H9N3O. The Bertz CT molecular complexity index is 473. The number of hydrogen-bond acceptors (Lipinski definition) is 3. The molecule has 2 heterocycles. The Morgan fingerprint density at radius 2 is 2.31 bits per heavy atom. The Balaban J connectivity index is 2.84. The van der Waals surface area contributed by atoms with Crippen molar-refractivity contribution in [1.29, 1.82) is 0 Å². The van der Waals surface area contributed by atoms with E-state index >= 15 is 0 Å². The molecule has 0 saturated carbocycles. The van der Waals surface area contributed by atoms with Crippen LogP contribution in [-0.4, -0.2) is 20.4 Å². The average Bonchev–Trinajstić information content (AvgIpc) is 2.49. The third-order valence-corrected chi connectivity index (χ3v) is 1.89. The van der Waals surface area contributed by atoms with Crippen LogP contribution in [0.3, 0.4) is 0 Å². The maximum Gasteiger partial charge on any atom is 0.166 e. The largest absolute Gasteiger partial charge is 0.294 e. The van der Waals surface area contributed by atoms with E-state index in [1.54, 1.807) is 4.52 Å². The molecule has 0 unspecified atom stereocenters. The number of nitrogens with zero attached hydrogens (tertiary/aromatic N) is 3. The van der Waals surface area contributed by atoms with E-state index in [0.717, 1.165) is 5.56 Å². The molecule has 4 heteroatoms. The molecule has 0 aliphatic heterocycles. The SMILES string of the molecule is CC(=O)c1cc(C)cn2ncnc12. The molecule has 0 atom stereocenters. The van der Waals surface area contributed by atoms with E-state index in [9.17, 15) is 4.79 Å². The molecule has 0 spiro atoms. The summed E-state index contributed by atoms with van der Waals surface area (Å²) in [4.78, 5) is 15.2. The summed E-state index contributed by atoms with van der Waals surface area (Å²) < 4.78 is 1.62. The van der Waals surface area contributed by atoms with Gasteiger partial charge in [-0.15, -0.1) is 0 Å². The van der Waals surface area contributed by atoms with Crippen molar-refractivity contribution in [3.63, 3.8) is 0 Å². The molecule has 0 bridgehead atoms. The Labute approximate surface area is 75.2 Å². The molecule has 66 valence electrons. The van der Waals surface area contributed by atoms with Crippen LogP contribution in [0.2, 0.25) is 0 Å². The summed E-state index contributed by atoms with van der Waals surface area (Å²) in [5.41, 5.74) is 2.25. The van der Waals surface area contributed by atoms with Gasteiger partial charge in [0.1, 0.15) is 6.33 Å². The topological polar surface area (TPSA) is 47.3 Å². The average molecular weight is 175 g/mol. The molecule has 0 saturated heterocycles. The Hall–Kier alpha value is -1.71. The highest BCUT2D eigenvalue weighted by molar-refractivity contribution is 5.99. The smallest absolute Gasteiger partial charge is 0.166 e. The van der Waals surface area contributed by atoms with Gasteiger partial charge in [0, 0.05) is 6.20 Å². The fourth-order valence-corrected chi connectivity index (χ4v) is 1.32. The third-order valence-electron chi connectivity index (χ3n) is 1.89. The van der Waals surface area contributed by atoms with Crippen LogP contribution in [0.15, 0.2) is 18.6 Å². The molecular weight excluding hydrogens is 166 g/mol. The number of carbonyl (C=O) groups is 1. The quantitative estimate of drug-likeness (QED) is 0.612. The third kappa shape index (κ3) is 1.20. The molecule has 0 aliphatic carbocycles. The maximum atomic E-state index is 11.2. The lowest BCUT2D eigenvalue weighted by atomic mass is 10.1. The number of pyridine rings is 1. The number of fused-ring (bicyclic) bond motifs is 1. The minimum Gasteiger partial charge on any atom is -0.294 e. The lowest BCUT2D eigenvalue weighted by Gasteiger charge is -1.99. The van der Waals surface area contributed by atoms with Gasteiger partial charge in [-0.05, 0) is 25.5 Å². The summed E-state index contributed by atoms with van der Waals surface area (Å²) in [6.45, 7) is 3.46. The first-order chi connectivity index (χ1) is 6.18. The zero-order valence-electron chi connectivity index (χ0n) is 7.48. The van der Waals surface area contributed by atoms with Crippen molar-refractivity contribution >= 4 is 11.4 Å². The predicted octanol–water partition coefficient (Wildman–Crippen LogP) is 1.24. The van der Waals surface area contributed by atoms with Gasteiger partial charge in [0.05, 0.1) is 5.56 Å². The van der Waals surface area contributed by atoms with Gasteiger partial charge in [-0.2, -0.15) is 5.10 Å². The van der Waals surface area contributed by atoms with Crippen LogP contribution in [0.25, 0.3) is 5.65 Å². The van der Waals surface area contributed by atoms with E-state index in [-0.39, 0.29) is 5.78 Å². The normalized spacial score (nSPS) is 10.6. The molecule has 2 aromatic heterocycles. The number of aryl methyl sites for hydroxylation is 1. The zero-order valence-corrected chi connectivity index (χ0v) is 7.48. The van der Waals surface area contributed by atoms with Crippen LogP contribution < -0.4 is 0 Å². The molecule has 0 fully saturated rings. The molecule has 0 radical (unpaired) electrons. The van der Waals surface area contributed by atoms with E-state index in [1.165, 1.54) is 13.3 Å². The van der Waals surface area contributed by atoms with Gasteiger partial charge in [-0.1, -0.05) is 0 Å². The van der Waals surface area contributed by atoms with E-state index < -0.39 is 0 Å². The van der Waals surface area contributed by atoms with Gasteiger partial charge in [0.15, 0.2) is 11.4 Å². The van der Waals surface area contributed by atoms with Crippen molar-refractivity contribution < 1.29 is 4.79 Å². The maximum absolute atomic E-state index is 11.2. The Morgan fingerprint density at radius 1 is 1.54 bits per heavy atom. The van der Waals surface area contributed by atoms with Crippen LogP contribution in [0.4, 0.5) is 0 Å². The fourth-order valence-electron chi connectivity index (χ4n) is 1.32. The summed E-state index contributed by atoms with van der Waals surface area (Å²) in [6.07, 6.45) is 3.29. The van der Waals surface area contributed by atoms with Crippen LogP contribution >= 0.6 is 0 Å². The van der Waals surface area contributed by atoms with Crippen LogP contribution in [0.1, 0.15) is 22.8 Å². The van der Waals surface area contributed by atoms with Gasteiger partial charge in [-0.3, -0.25) is 4.79 Å². The summed E-state index contributed by atoms with van der Waals surface area (Å²) in [7, 11) is 0. The van der Waals surface area contributed by atoms with E-state index in [1.807, 2.05) is 19.2 Å². The monoisotopic (exact) mass is 175 g/mol. The summed E-state index contributed by atoms with van der Waals surface area (Å²) in [5.74, 6) is 0.0155. The van der Waals surface area contributed by atoms with Crippen molar-refractivity contribution in [2.24, 2.45) is 0 Å². The standard InChI is InChI=1S/C9H9N3O/c1-6-3-8(7(2)13)9-10-5-11-12(9)4-6/h3-5H,1-2H3. The van der Waals surface area contributed by atoms with Crippen LogP contribution in [0.5, 0.6) is 0 Å². The molecule has 0 N–H and O–H groups in total. The Morgan fingerprint density at radius 3 is 3.00 bits per heavy atom. The van der Waals surface area contributed by atoms with Gasteiger partial charge in [0.25, 0.3) is 0 Å². The second-order valence-electron chi connectivity index (χ2n) is 3.02. The van der Waals surface area contributed by atoms with Crippen molar-refractivity contribution in [1.82, 2.24) is 14.6 Å². The highest BCUT2D eigenvalue weighted by atomic mass is 16.1. The molecule has 0 aromatic carbocycles. The molecule has 0 amide bonds. The number of aromatic nitrogens is 3. The van der Waals surface area contributed by atoms with Crippen molar-refractivity contribution in [3.8, 4) is 0 Å². The molecule has 13 heavy (non-hydrogen) atoms. The predicted molar refractivity (Wildman–Crippen MR) is 47.7 cm³/mol. The number of Topliss-reactive ketones (excluding diaryl/α,β-unsaturated/α-hetero) is 1. The number of hydrogen-bond donors (Lipinski definition) is 0. The van der Waals surface area contributed by atoms with Gasteiger partial charge in [-0.25, -0.2) is 9.50 Å². The minimum atomic E-state index is 0.0155. The second-order valence-corrected chi connectivity index (χ2v) is 3.02. The van der Waals surface area contributed by atoms with Gasteiger partial charge >= 0.3 is 0 Å². The molecule has 0 aliphatic rings.